The molecule has 0 bridgehead atoms. The Kier molecular flexibility index (Phi) is 4.03. The highest BCUT2D eigenvalue weighted by atomic mass is 32.2. The number of amides is 1. The summed E-state index contributed by atoms with van der Waals surface area (Å²) in [5.74, 6) is 0.788. The van der Waals surface area contributed by atoms with Crippen LogP contribution in [0.1, 0.15) is 6.92 Å². The fraction of sp³-hybridized carbons (Fsp3) is 0.400. The molecule has 1 atom stereocenters. The second-order valence-corrected chi connectivity index (χ2v) is 7.40. The second kappa shape index (κ2) is 5.86. The Balaban J connectivity index is 1.81. The monoisotopic (exact) mass is 338 g/mol. The molecule has 8 heteroatoms. The lowest BCUT2D eigenvalue weighted by molar-refractivity contribution is -0.129. The summed E-state index contributed by atoms with van der Waals surface area (Å²) in [6, 6.07) is 4.37. The summed E-state index contributed by atoms with van der Waals surface area (Å²) in [7, 11) is -3.64. The molecular formula is C15H18N2O5S. The molecule has 0 aliphatic carbocycles. The van der Waals surface area contributed by atoms with Crippen LogP contribution in [0, 0.1) is 0 Å². The largest absolute Gasteiger partial charge is 0.454 e. The van der Waals surface area contributed by atoms with Crippen molar-refractivity contribution in [3.05, 3.63) is 30.9 Å². The number of piperazine rings is 1. The van der Waals surface area contributed by atoms with E-state index in [9.17, 15) is 13.2 Å². The van der Waals surface area contributed by atoms with E-state index in [2.05, 4.69) is 6.58 Å². The van der Waals surface area contributed by atoms with Gasteiger partial charge in [0.05, 0.1) is 4.90 Å². The predicted octanol–water partition coefficient (Wildman–Crippen LogP) is 0.823. The standard InChI is InChI=1S/C15H18N2O5S/c1-3-15(18)17-7-6-16(9-11(17)2)23(19,20)12-4-5-13-14(8-12)22-10-21-13/h3-5,8,11H,1,6-7,9-10H2,2H3/t11-/m1/s1. The third-order valence-corrected chi connectivity index (χ3v) is 5.89. The number of ether oxygens (including phenoxy) is 2. The molecule has 1 fully saturated rings. The van der Waals surface area contributed by atoms with Crippen molar-refractivity contribution in [2.24, 2.45) is 0 Å². The van der Waals surface area contributed by atoms with Crippen LogP contribution >= 0.6 is 0 Å². The molecule has 2 heterocycles. The van der Waals surface area contributed by atoms with E-state index in [4.69, 9.17) is 9.47 Å². The van der Waals surface area contributed by atoms with E-state index in [-0.39, 0.29) is 36.7 Å². The Morgan fingerprint density at radius 2 is 2.04 bits per heavy atom. The van der Waals surface area contributed by atoms with Crippen molar-refractivity contribution in [3.63, 3.8) is 0 Å². The minimum Gasteiger partial charge on any atom is -0.454 e. The molecule has 2 aliphatic heterocycles. The first-order valence-electron chi connectivity index (χ1n) is 7.26. The summed E-state index contributed by atoms with van der Waals surface area (Å²) in [4.78, 5) is 13.5. The molecule has 0 N–H and O–H groups in total. The summed E-state index contributed by atoms with van der Waals surface area (Å²) < 4.78 is 37.4. The average Bonchev–Trinajstić information content (AvgIpc) is 3.01. The number of hydrogen-bond acceptors (Lipinski definition) is 5. The van der Waals surface area contributed by atoms with Crippen LogP contribution in [0.4, 0.5) is 0 Å². The molecule has 1 saturated heterocycles. The fourth-order valence-corrected chi connectivity index (χ4v) is 4.30. The molecule has 0 spiro atoms. The van der Waals surface area contributed by atoms with E-state index in [0.29, 0.717) is 18.0 Å². The summed E-state index contributed by atoms with van der Waals surface area (Å²) in [6.45, 7) is 6.23. The molecule has 7 nitrogen and oxygen atoms in total. The van der Waals surface area contributed by atoms with Crippen LogP contribution < -0.4 is 9.47 Å². The predicted molar refractivity (Wildman–Crippen MR) is 82.7 cm³/mol. The maximum atomic E-state index is 12.8. The smallest absolute Gasteiger partial charge is 0.246 e. The zero-order valence-electron chi connectivity index (χ0n) is 12.8. The van der Waals surface area contributed by atoms with E-state index in [0.717, 1.165) is 0 Å². The van der Waals surface area contributed by atoms with Gasteiger partial charge in [0, 0.05) is 31.7 Å². The zero-order chi connectivity index (χ0) is 16.6. The van der Waals surface area contributed by atoms with Crippen molar-refractivity contribution < 1.29 is 22.7 Å². The molecule has 2 aliphatic rings. The first kappa shape index (κ1) is 15.8. The van der Waals surface area contributed by atoms with Crippen LogP contribution in [-0.2, 0) is 14.8 Å². The van der Waals surface area contributed by atoms with Crippen molar-refractivity contribution in [2.45, 2.75) is 17.9 Å². The maximum absolute atomic E-state index is 12.8. The van der Waals surface area contributed by atoms with Gasteiger partial charge in [0.2, 0.25) is 22.7 Å². The first-order valence-corrected chi connectivity index (χ1v) is 8.70. The van der Waals surface area contributed by atoms with Gasteiger partial charge in [0.25, 0.3) is 0 Å². The highest BCUT2D eigenvalue weighted by molar-refractivity contribution is 7.89. The highest BCUT2D eigenvalue weighted by Gasteiger charge is 2.34. The molecule has 0 aromatic heterocycles. The second-order valence-electron chi connectivity index (χ2n) is 5.46. The van der Waals surface area contributed by atoms with E-state index in [1.54, 1.807) is 11.0 Å². The molecule has 1 aromatic carbocycles. The zero-order valence-corrected chi connectivity index (χ0v) is 13.6. The average molecular weight is 338 g/mol. The quantitative estimate of drug-likeness (QED) is 0.763. The van der Waals surface area contributed by atoms with Crippen molar-refractivity contribution in [2.75, 3.05) is 26.4 Å². The molecule has 0 radical (unpaired) electrons. The van der Waals surface area contributed by atoms with E-state index in [1.165, 1.54) is 22.5 Å². The van der Waals surface area contributed by atoms with Crippen molar-refractivity contribution in [1.29, 1.82) is 0 Å². The van der Waals surface area contributed by atoms with Gasteiger partial charge >= 0.3 is 0 Å². The molecule has 0 saturated carbocycles. The molecule has 3 rings (SSSR count). The number of nitrogens with zero attached hydrogens (tertiary/aromatic N) is 2. The third kappa shape index (κ3) is 2.79. The Labute approximate surface area is 135 Å². The minimum atomic E-state index is -3.64. The number of carbonyl (C=O) groups excluding carboxylic acids is 1. The van der Waals surface area contributed by atoms with Crippen molar-refractivity contribution in [1.82, 2.24) is 9.21 Å². The maximum Gasteiger partial charge on any atom is 0.246 e. The van der Waals surface area contributed by atoms with Crippen molar-refractivity contribution in [3.8, 4) is 11.5 Å². The number of rotatable bonds is 3. The summed E-state index contributed by atoms with van der Waals surface area (Å²) >= 11 is 0. The summed E-state index contributed by atoms with van der Waals surface area (Å²) in [5, 5.41) is 0. The topological polar surface area (TPSA) is 76.2 Å². The molecular weight excluding hydrogens is 320 g/mol. The Morgan fingerprint density at radius 1 is 1.30 bits per heavy atom. The van der Waals surface area contributed by atoms with Gasteiger partial charge in [0.15, 0.2) is 11.5 Å². The number of fused-ring (bicyclic) bond motifs is 1. The van der Waals surface area contributed by atoms with Crippen LogP contribution in [0.2, 0.25) is 0 Å². The van der Waals surface area contributed by atoms with Crippen LogP contribution in [-0.4, -0.2) is 56.0 Å². The highest BCUT2D eigenvalue weighted by Crippen LogP contribution is 2.34. The normalized spacial score (nSPS) is 21.3. The van der Waals surface area contributed by atoms with E-state index in [1.807, 2.05) is 6.92 Å². The number of carbonyl (C=O) groups is 1. The van der Waals surface area contributed by atoms with Crippen molar-refractivity contribution >= 4 is 15.9 Å². The Hall–Kier alpha value is -2.06. The number of benzene rings is 1. The lowest BCUT2D eigenvalue weighted by Gasteiger charge is -2.38. The SMILES string of the molecule is C=CC(=O)N1CCN(S(=O)(=O)c2ccc3c(c2)OCO3)C[C@H]1C. The van der Waals surface area contributed by atoms with Gasteiger partial charge in [0.1, 0.15) is 0 Å². The molecule has 124 valence electrons. The summed E-state index contributed by atoms with van der Waals surface area (Å²) in [6.07, 6.45) is 1.25. The molecule has 1 amide bonds. The molecule has 1 aromatic rings. The Bertz CT molecular complexity index is 746. The van der Waals surface area contributed by atoms with Gasteiger partial charge in [-0.3, -0.25) is 4.79 Å². The van der Waals surface area contributed by atoms with E-state index < -0.39 is 10.0 Å². The number of sulfonamides is 1. The van der Waals surface area contributed by atoms with Crippen LogP contribution in [0.25, 0.3) is 0 Å². The van der Waals surface area contributed by atoms with Gasteiger partial charge in [-0.2, -0.15) is 4.31 Å². The lowest BCUT2D eigenvalue weighted by atomic mass is 10.2. The lowest BCUT2D eigenvalue weighted by Crippen LogP contribution is -2.54. The first-order chi connectivity index (χ1) is 10.9. The van der Waals surface area contributed by atoms with Gasteiger partial charge < -0.3 is 14.4 Å². The van der Waals surface area contributed by atoms with Gasteiger partial charge in [-0.15, -0.1) is 0 Å². The van der Waals surface area contributed by atoms with Crippen LogP contribution in [0.15, 0.2) is 35.7 Å². The van der Waals surface area contributed by atoms with Gasteiger partial charge in [-0.25, -0.2) is 8.42 Å². The fourth-order valence-electron chi connectivity index (χ4n) is 2.77. The number of hydrogen-bond donors (Lipinski definition) is 0. The molecule has 23 heavy (non-hydrogen) atoms. The van der Waals surface area contributed by atoms with Crippen LogP contribution in [0.3, 0.4) is 0 Å². The van der Waals surface area contributed by atoms with Gasteiger partial charge in [-0.05, 0) is 25.1 Å². The molecule has 0 unspecified atom stereocenters. The van der Waals surface area contributed by atoms with Crippen LogP contribution in [0.5, 0.6) is 11.5 Å². The Morgan fingerprint density at radius 3 is 2.74 bits per heavy atom. The minimum absolute atomic E-state index is 0.0954. The van der Waals surface area contributed by atoms with Gasteiger partial charge in [-0.1, -0.05) is 6.58 Å². The van der Waals surface area contributed by atoms with E-state index >= 15 is 0 Å². The summed E-state index contributed by atoms with van der Waals surface area (Å²) in [5.41, 5.74) is 0. The third-order valence-electron chi connectivity index (χ3n) is 4.03.